The molecule has 0 rings (SSSR count). The fourth-order valence-electron chi connectivity index (χ4n) is 1.78. The predicted octanol–water partition coefficient (Wildman–Crippen LogP) is 4.69. The van der Waals surface area contributed by atoms with Gasteiger partial charge in [0.25, 0.3) is 15.8 Å². The number of rotatable bonds is 7. The molecule has 0 spiro atoms. The summed E-state index contributed by atoms with van der Waals surface area (Å²) in [7, 11) is -5.11. The summed E-state index contributed by atoms with van der Waals surface area (Å²) in [6.45, 7) is 0. The summed E-state index contributed by atoms with van der Waals surface area (Å²) in [4.78, 5) is 0. The lowest BCUT2D eigenvalue weighted by atomic mass is 9.86. The van der Waals surface area contributed by atoms with Crippen LogP contribution in [-0.4, -0.2) is 48.8 Å². The Labute approximate surface area is 138 Å². The molecule has 0 bridgehead atoms. The Bertz CT molecular complexity index is 560. The lowest BCUT2D eigenvalue weighted by Crippen LogP contribution is -2.55. The predicted molar refractivity (Wildman–Crippen MR) is 60.7 cm³/mol. The van der Waals surface area contributed by atoms with Gasteiger partial charge in [-0.2, -0.15) is 47.9 Å². The first-order valence-electron chi connectivity index (χ1n) is 6.24. The first-order chi connectivity index (χ1) is 11.0. The molecule has 1 N–H and O–H groups in total. The molecule has 0 aromatic heterocycles. The monoisotopic (exact) mass is 438 g/mol. The standard InChI is InChI=1S/C10H10F12O3S/c11-6(12,1-2-26(23,24)25)3-5(8(14,15)16)4-7(13,9(17,18)19)10(20,21)22/h5H,1-4H2,(H,23,24,25). The maximum absolute atomic E-state index is 13.4. The number of halogens is 12. The molecule has 0 fully saturated rings. The molecular formula is C10H10F12O3S. The molecule has 0 saturated heterocycles. The van der Waals surface area contributed by atoms with Gasteiger partial charge in [-0.05, 0) is 0 Å². The lowest BCUT2D eigenvalue weighted by Gasteiger charge is -2.34. The summed E-state index contributed by atoms with van der Waals surface area (Å²) < 4.78 is 181. The molecule has 1 atom stereocenters. The van der Waals surface area contributed by atoms with Gasteiger partial charge in [-0.1, -0.05) is 0 Å². The Morgan fingerprint density at radius 3 is 1.38 bits per heavy atom. The van der Waals surface area contributed by atoms with Crippen LogP contribution < -0.4 is 0 Å². The fourth-order valence-corrected chi connectivity index (χ4v) is 2.33. The van der Waals surface area contributed by atoms with Crippen LogP contribution in [0.4, 0.5) is 52.7 Å². The van der Waals surface area contributed by atoms with Crippen molar-refractivity contribution < 1.29 is 65.7 Å². The van der Waals surface area contributed by atoms with Gasteiger partial charge in [-0.25, -0.2) is 13.2 Å². The Kier molecular flexibility index (Phi) is 6.98. The lowest BCUT2D eigenvalue weighted by molar-refractivity contribution is -0.353. The van der Waals surface area contributed by atoms with Gasteiger partial charge in [-0.3, -0.25) is 4.55 Å². The highest BCUT2D eigenvalue weighted by molar-refractivity contribution is 7.85. The van der Waals surface area contributed by atoms with Crippen molar-refractivity contribution in [3.05, 3.63) is 0 Å². The summed E-state index contributed by atoms with van der Waals surface area (Å²) in [5.74, 6) is -10.7. The molecule has 0 aromatic carbocycles. The highest BCUT2D eigenvalue weighted by Crippen LogP contribution is 2.53. The maximum atomic E-state index is 13.4. The maximum Gasteiger partial charge on any atom is 0.431 e. The number of hydrogen-bond donors (Lipinski definition) is 1. The smallest absolute Gasteiger partial charge is 0.286 e. The second kappa shape index (κ2) is 7.24. The van der Waals surface area contributed by atoms with E-state index in [1.165, 1.54) is 0 Å². The Balaban J connectivity index is 5.72. The molecule has 0 amide bonds. The van der Waals surface area contributed by atoms with Gasteiger partial charge in [0.1, 0.15) is 0 Å². The van der Waals surface area contributed by atoms with Crippen molar-refractivity contribution in [3.63, 3.8) is 0 Å². The number of hydrogen-bond acceptors (Lipinski definition) is 2. The van der Waals surface area contributed by atoms with Crippen LogP contribution in [0.1, 0.15) is 19.3 Å². The zero-order chi connectivity index (χ0) is 21.4. The first kappa shape index (κ1) is 25.1. The average Bonchev–Trinajstić information content (AvgIpc) is 2.30. The van der Waals surface area contributed by atoms with Gasteiger partial charge in [0.05, 0.1) is 11.7 Å². The molecule has 158 valence electrons. The van der Waals surface area contributed by atoms with Crippen LogP contribution >= 0.6 is 0 Å². The average molecular weight is 438 g/mol. The molecule has 0 radical (unpaired) electrons. The van der Waals surface area contributed by atoms with Crippen LogP contribution in [0, 0.1) is 5.92 Å². The van der Waals surface area contributed by atoms with Crippen LogP contribution in [0.3, 0.4) is 0 Å². The van der Waals surface area contributed by atoms with Crippen LogP contribution in [0.2, 0.25) is 0 Å². The summed E-state index contributed by atoms with van der Waals surface area (Å²) in [5, 5.41) is 0. The summed E-state index contributed by atoms with van der Waals surface area (Å²) >= 11 is 0. The third kappa shape index (κ3) is 7.00. The highest BCUT2D eigenvalue weighted by atomic mass is 32.2. The third-order valence-electron chi connectivity index (χ3n) is 3.16. The molecule has 0 saturated carbocycles. The normalized spacial score (nSPS) is 16.7. The molecule has 0 aliphatic rings. The minimum Gasteiger partial charge on any atom is -0.286 e. The molecule has 3 nitrogen and oxygen atoms in total. The van der Waals surface area contributed by atoms with Crippen LogP contribution in [0.5, 0.6) is 0 Å². The van der Waals surface area contributed by atoms with E-state index >= 15 is 0 Å². The number of alkyl halides is 12. The van der Waals surface area contributed by atoms with Gasteiger partial charge in [-0.15, -0.1) is 0 Å². The Hall–Kier alpha value is -0.930. The summed E-state index contributed by atoms with van der Waals surface area (Å²) in [6, 6.07) is 0. The molecule has 16 heteroatoms. The molecule has 1 unspecified atom stereocenters. The zero-order valence-electron chi connectivity index (χ0n) is 12.1. The van der Waals surface area contributed by atoms with Gasteiger partial charge in [0.2, 0.25) is 5.92 Å². The van der Waals surface area contributed by atoms with Crippen molar-refractivity contribution in [2.45, 2.75) is 49.4 Å². The van der Waals surface area contributed by atoms with E-state index in [0.717, 1.165) is 0 Å². The van der Waals surface area contributed by atoms with Crippen molar-refractivity contribution in [2.24, 2.45) is 5.92 Å². The summed E-state index contributed by atoms with van der Waals surface area (Å²) in [6.07, 6.45) is -28.0. The van der Waals surface area contributed by atoms with E-state index in [2.05, 4.69) is 0 Å². The SMILES string of the molecule is O=S(=O)(O)CCC(F)(F)CC(CC(F)(C(F)(F)F)C(F)(F)F)C(F)(F)F. The van der Waals surface area contributed by atoms with Crippen molar-refractivity contribution in [2.75, 3.05) is 5.75 Å². The quantitative estimate of drug-likeness (QED) is 0.464. The molecule has 26 heavy (non-hydrogen) atoms. The molecule has 0 aliphatic carbocycles. The molecular weight excluding hydrogens is 428 g/mol. The van der Waals surface area contributed by atoms with Crippen molar-refractivity contribution in [3.8, 4) is 0 Å². The second-order valence-corrected chi connectivity index (χ2v) is 6.91. The first-order valence-corrected chi connectivity index (χ1v) is 7.85. The largest absolute Gasteiger partial charge is 0.431 e. The van der Waals surface area contributed by atoms with E-state index in [9.17, 15) is 61.1 Å². The van der Waals surface area contributed by atoms with E-state index in [1.54, 1.807) is 0 Å². The van der Waals surface area contributed by atoms with E-state index in [-0.39, 0.29) is 0 Å². The van der Waals surface area contributed by atoms with Gasteiger partial charge < -0.3 is 0 Å². The third-order valence-corrected chi connectivity index (χ3v) is 3.88. The summed E-state index contributed by atoms with van der Waals surface area (Å²) in [5.41, 5.74) is -6.42. The fraction of sp³-hybridized carbons (Fsp3) is 1.00. The second-order valence-electron chi connectivity index (χ2n) is 5.34. The van der Waals surface area contributed by atoms with Crippen LogP contribution in [-0.2, 0) is 10.1 Å². The minimum absolute atomic E-state index is 1.82. The van der Waals surface area contributed by atoms with Crippen LogP contribution in [0.25, 0.3) is 0 Å². The Morgan fingerprint density at radius 1 is 0.731 bits per heavy atom. The molecule has 0 aromatic rings. The zero-order valence-corrected chi connectivity index (χ0v) is 12.9. The van der Waals surface area contributed by atoms with E-state index < -0.39 is 71.2 Å². The van der Waals surface area contributed by atoms with E-state index in [4.69, 9.17) is 4.55 Å². The van der Waals surface area contributed by atoms with Crippen molar-refractivity contribution in [1.29, 1.82) is 0 Å². The Morgan fingerprint density at radius 2 is 1.12 bits per heavy atom. The van der Waals surface area contributed by atoms with Gasteiger partial charge in [0, 0.05) is 19.3 Å². The minimum atomic E-state index is -6.88. The van der Waals surface area contributed by atoms with Crippen molar-refractivity contribution in [1.82, 2.24) is 0 Å². The van der Waals surface area contributed by atoms with Crippen LogP contribution in [0.15, 0.2) is 0 Å². The topological polar surface area (TPSA) is 54.4 Å². The molecule has 0 heterocycles. The van der Waals surface area contributed by atoms with Crippen molar-refractivity contribution >= 4 is 10.1 Å². The van der Waals surface area contributed by atoms with Gasteiger partial charge in [0.15, 0.2) is 0 Å². The molecule has 0 aliphatic heterocycles. The van der Waals surface area contributed by atoms with Gasteiger partial charge >= 0.3 is 18.5 Å². The van der Waals surface area contributed by atoms with E-state index in [0.29, 0.717) is 0 Å². The highest BCUT2D eigenvalue weighted by Gasteiger charge is 2.74. The van der Waals surface area contributed by atoms with E-state index in [1.807, 2.05) is 0 Å².